The topological polar surface area (TPSA) is 94.9 Å². The van der Waals surface area contributed by atoms with Crippen LogP contribution in [-0.4, -0.2) is 34.6 Å². The predicted octanol–water partition coefficient (Wildman–Crippen LogP) is 1.58. The number of carboxylic acids is 2. The van der Waals surface area contributed by atoms with E-state index in [0.29, 0.717) is 4.47 Å². The third-order valence-electron chi connectivity index (χ3n) is 2.95. The fraction of sp³-hybridized carbons (Fsp3) is 0.250. The minimum atomic E-state index is -1.16. The normalized spacial score (nSPS) is 18.7. The Morgan fingerprint density at radius 3 is 2.53 bits per heavy atom. The molecule has 1 atom stereocenters. The Kier molecular flexibility index (Phi) is 3.57. The Morgan fingerprint density at radius 1 is 1.32 bits per heavy atom. The zero-order chi connectivity index (χ0) is 14.2. The number of carboxylic acid groups (broad SMARTS) is 2. The molecule has 6 nitrogen and oxygen atoms in total. The van der Waals surface area contributed by atoms with E-state index in [9.17, 15) is 14.4 Å². The zero-order valence-corrected chi connectivity index (χ0v) is 11.3. The van der Waals surface area contributed by atoms with Gasteiger partial charge in [-0.2, -0.15) is 0 Å². The standard InChI is InChI=1S/C12H10BrNO5/c13-7-1-2-9(8(4-7)12(18)19)14-5-6(11(16)17)3-10(14)15/h1-2,4,6H,3,5H2,(H,16,17)(H,18,19). The number of anilines is 1. The lowest BCUT2D eigenvalue weighted by Crippen LogP contribution is -2.27. The molecule has 2 rings (SSSR count). The number of amides is 1. The molecule has 1 amide bonds. The van der Waals surface area contributed by atoms with E-state index in [0.717, 1.165) is 0 Å². The maximum absolute atomic E-state index is 11.8. The van der Waals surface area contributed by atoms with Crippen LogP contribution in [0.4, 0.5) is 5.69 Å². The van der Waals surface area contributed by atoms with Crippen molar-refractivity contribution in [3.63, 3.8) is 0 Å². The monoisotopic (exact) mass is 327 g/mol. The van der Waals surface area contributed by atoms with Crippen molar-refractivity contribution in [1.29, 1.82) is 0 Å². The van der Waals surface area contributed by atoms with E-state index in [1.54, 1.807) is 6.07 Å². The molecule has 2 N–H and O–H groups in total. The Labute approximate surface area is 116 Å². The van der Waals surface area contributed by atoms with Gasteiger partial charge in [0.1, 0.15) is 0 Å². The maximum Gasteiger partial charge on any atom is 0.337 e. The Bertz CT molecular complexity index is 571. The van der Waals surface area contributed by atoms with Gasteiger partial charge in [-0.3, -0.25) is 9.59 Å². The molecule has 0 aliphatic carbocycles. The van der Waals surface area contributed by atoms with E-state index in [2.05, 4.69) is 15.9 Å². The quantitative estimate of drug-likeness (QED) is 0.878. The van der Waals surface area contributed by atoms with Gasteiger partial charge in [0.25, 0.3) is 0 Å². The lowest BCUT2D eigenvalue weighted by molar-refractivity contribution is -0.141. The van der Waals surface area contributed by atoms with Gasteiger partial charge in [-0.25, -0.2) is 4.79 Å². The highest BCUT2D eigenvalue weighted by atomic mass is 79.9. The van der Waals surface area contributed by atoms with Crippen LogP contribution >= 0.6 is 15.9 Å². The molecule has 1 aliphatic heterocycles. The van der Waals surface area contributed by atoms with E-state index in [1.165, 1.54) is 17.0 Å². The van der Waals surface area contributed by atoms with Crippen LogP contribution in [0, 0.1) is 5.92 Å². The SMILES string of the molecule is O=C(O)c1cc(Br)ccc1N1CC(C(=O)O)CC1=O. The van der Waals surface area contributed by atoms with Crippen LogP contribution in [0.2, 0.25) is 0 Å². The molecular weight excluding hydrogens is 318 g/mol. The van der Waals surface area contributed by atoms with Crippen molar-refractivity contribution in [2.75, 3.05) is 11.4 Å². The minimum Gasteiger partial charge on any atom is -0.481 e. The lowest BCUT2D eigenvalue weighted by Gasteiger charge is -2.18. The summed E-state index contributed by atoms with van der Waals surface area (Å²) in [5.41, 5.74) is 0.193. The van der Waals surface area contributed by atoms with Gasteiger partial charge in [0.15, 0.2) is 0 Å². The van der Waals surface area contributed by atoms with Gasteiger partial charge < -0.3 is 15.1 Å². The molecule has 1 aromatic carbocycles. The maximum atomic E-state index is 11.8. The molecule has 0 spiro atoms. The predicted molar refractivity (Wildman–Crippen MR) is 69.2 cm³/mol. The fourth-order valence-corrected chi connectivity index (χ4v) is 2.38. The third-order valence-corrected chi connectivity index (χ3v) is 3.45. The highest BCUT2D eigenvalue weighted by Gasteiger charge is 2.36. The summed E-state index contributed by atoms with van der Waals surface area (Å²) in [7, 11) is 0. The van der Waals surface area contributed by atoms with Crippen LogP contribution in [0.15, 0.2) is 22.7 Å². The first-order chi connectivity index (χ1) is 8.90. The smallest absolute Gasteiger partial charge is 0.337 e. The van der Waals surface area contributed by atoms with E-state index in [1.807, 2.05) is 0 Å². The van der Waals surface area contributed by atoms with Crippen molar-refractivity contribution in [2.45, 2.75) is 6.42 Å². The van der Waals surface area contributed by atoms with E-state index in [-0.39, 0.29) is 30.1 Å². The van der Waals surface area contributed by atoms with Crippen LogP contribution in [0.25, 0.3) is 0 Å². The average Bonchev–Trinajstić information content (AvgIpc) is 2.71. The van der Waals surface area contributed by atoms with Crippen molar-refractivity contribution < 1.29 is 24.6 Å². The molecular formula is C12H10BrNO5. The number of carbonyl (C=O) groups excluding carboxylic acids is 1. The van der Waals surface area contributed by atoms with Gasteiger partial charge in [0.2, 0.25) is 5.91 Å². The first-order valence-electron chi connectivity index (χ1n) is 5.46. The largest absolute Gasteiger partial charge is 0.481 e. The van der Waals surface area contributed by atoms with Gasteiger partial charge in [0, 0.05) is 17.4 Å². The van der Waals surface area contributed by atoms with Crippen molar-refractivity contribution in [1.82, 2.24) is 0 Å². The number of rotatable bonds is 3. The highest BCUT2D eigenvalue weighted by molar-refractivity contribution is 9.10. The number of hydrogen-bond donors (Lipinski definition) is 2. The van der Waals surface area contributed by atoms with Gasteiger partial charge in [-0.1, -0.05) is 15.9 Å². The summed E-state index contributed by atoms with van der Waals surface area (Å²) < 4.78 is 0.579. The van der Waals surface area contributed by atoms with Crippen LogP contribution in [0.5, 0.6) is 0 Å². The molecule has 7 heteroatoms. The first kappa shape index (κ1) is 13.5. The molecule has 0 radical (unpaired) electrons. The van der Waals surface area contributed by atoms with E-state index in [4.69, 9.17) is 10.2 Å². The molecule has 100 valence electrons. The summed E-state index contributed by atoms with van der Waals surface area (Å²) >= 11 is 3.16. The molecule has 1 aromatic rings. The Morgan fingerprint density at radius 2 is 2.00 bits per heavy atom. The number of hydrogen-bond acceptors (Lipinski definition) is 3. The summed E-state index contributed by atoms with van der Waals surface area (Å²) in [6.45, 7) is -0.00389. The molecule has 1 unspecified atom stereocenters. The molecule has 1 saturated heterocycles. The number of benzene rings is 1. The number of carbonyl (C=O) groups is 3. The molecule has 1 heterocycles. The minimum absolute atomic E-state index is 0.00389. The summed E-state index contributed by atoms with van der Waals surface area (Å²) in [6.07, 6.45) is -0.107. The van der Waals surface area contributed by atoms with Crippen molar-refractivity contribution in [3.8, 4) is 0 Å². The zero-order valence-electron chi connectivity index (χ0n) is 9.67. The molecule has 1 aliphatic rings. The summed E-state index contributed by atoms with van der Waals surface area (Å²) in [5.74, 6) is -3.39. The van der Waals surface area contributed by atoms with Crippen molar-refractivity contribution in [3.05, 3.63) is 28.2 Å². The summed E-state index contributed by atoms with van der Waals surface area (Å²) in [5, 5.41) is 18.1. The number of halogens is 1. The number of aromatic carboxylic acids is 1. The highest BCUT2D eigenvalue weighted by Crippen LogP contribution is 2.30. The summed E-state index contributed by atoms with van der Waals surface area (Å²) in [4.78, 5) is 35.1. The van der Waals surface area contributed by atoms with Crippen LogP contribution in [0.1, 0.15) is 16.8 Å². The Balaban J connectivity index is 2.40. The van der Waals surface area contributed by atoms with Crippen molar-refractivity contribution >= 4 is 39.5 Å². The van der Waals surface area contributed by atoms with Gasteiger partial charge >= 0.3 is 11.9 Å². The van der Waals surface area contributed by atoms with Crippen LogP contribution in [-0.2, 0) is 9.59 Å². The van der Waals surface area contributed by atoms with Gasteiger partial charge in [-0.05, 0) is 18.2 Å². The first-order valence-corrected chi connectivity index (χ1v) is 6.25. The van der Waals surface area contributed by atoms with E-state index >= 15 is 0 Å². The fourth-order valence-electron chi connectivity index (χ4n) is 2.02. The van der Waals surface area contributed by atoms with Crippen molar-refractivity contribution in [2.24, 2.45) is 5.92 Å². The third kappa shape index (κ3) is 2.60. The van der Waals surface area contributed by atoms with Crippen LogP contribution < -0.4 is 4.90 Å². The molecule has 19 heavy (non-hydrogen) atoms. The lowest BCUT2D eigenvalue weighted by atomic mass is 10.1. The van der Waals surface area contributed by atoms with E-state index < -0.39 is 17.9 Å². The van der Waals surface area contributed by atoms with Crippen LogP contribution in [0.3, 0.4) is 0 Å². The number of nitrogens with zero attached hydrogens (tertiary/aromatic N) is 1. The second kappa shape index (κ2) is 5.00. The summed E-state index contributed by atoms with van der Waals surface area (Å²) in [6, 6.07) is 4.50. The molecule has 0 saturated carbocycles. The van der Waals surface area contributed by atoms with Gasteiger partial charge in [-0.15, -0.1) is 0 Å². The second-order valence-electron chi connectivity index (χ2n) is 4.21. The Hall–Kier alpha value is -1.89. The molecule has 1 fully saturated rings. The number of aliphatic carboxylic acids is 1. The molecule has 0 aromatic heterocycles. The molecule has 0 bridgehead atoms. The average molecular weight is 328 g/mol. The van der Waals surface area contributed by atoms with Gasteiger partial charge in [0.05, 0.1) is 17.2 Å². The second-order valence-corrected chi connectivity index (χ2v) is 5.13.